The number of nitrogens with one attached hydrogen (secondary N) is 1. The van der Waals surface area contributed by atoms with Gasteiger partial charge in [-0.25, -0.2) is 4.98 Å². The second kappa shape index (κ2) is 7.30. The monoisotopic (exact) mass is 334 g/mol. The predicted octanol–water partition coefficient (Wildman–Crippen LogP) is 4.00. The summed E-state index contributed by atoms with van der Waals surface area (Å²) in [7, 11) is 1.81. The van der Waals surface area contributed by atoms with Crippen molar-refractivity contribution in [2.24, 2.45) is 0 Å². The van der Waals surface area contributed by atoms with Gasteiger partial charge in [-0.05, 0) is 25.5 Å². The van der Waals surface area contributed by atoms with Gasteiger partial charge in [0, 0.05) is 24.5 Å². The van der Waals surface area contributed by atoms with Gasteiger partial charge >= 0.3 is 0 Å². The first kappa shape index (κ1) is 16.9. The van der Waals surface area contributed by atoms with E-state index in [2.05, 4.69) is 21.9 Å². The topological polar surface area (TPSA) is 61.9 Å². The lowest BCUT2D eigenvalue weighted by atomic mass is 10.1. The first-order valence-corrected chi connectivity index (χ1v) is 8.42. The van der Waals surface area contributed by atoms with Gasteiger partial charge in [0.1, 0.15) is 11.5 Å². The number of hydrogen-bond acceptors (Lipinski definition) is 3. The average Bonchev–Trinajstić information content (AvgIpc) is 3.05. The zero-order chi connectivity index (χ0) is 17.8. The molecule has 0 saturated heterocycles. The van der Waals surface area contributed by atoms with E-state index in [-0.39, 0.29) is 11.9 Å². The molecule has 1 aromatic carbocycles. The molecule has 0 radical (unpaired) electrons. The van der Waals surface area contributed by atoms with Crippen LogP contribution < -0.4 is 0 Å². The van der Waals surface area contributed by atoms with Crippen LogP contribution in [0.1, 0.15) is 41.3 Å². The van der Waals surface area contributed by atoms with E-state index < -0.39 is 0 Å². The van der Waals surface area contributed by atoms with Crippen LogP contribution in [0.3, 0.4) is 0 Å². The molecule has 25 heavy (non-hydrogen) atoms. The van der Waals surface area contributed by atoms with E-state index in [1.807, 2.05) is 62.5 Å². The number of rotatable bonds is 5. The van der Waals surface area contributed by atoms with Crippen LogP contribution in [-0.4, -0.2) is 32.8 Å². The second-order valence-electron chi connectivity index (χ2n) is 6.02. The first-order chi connectivity index (χ1) is 12.1. The Morgan fingerprint density at radius 2 is 1.88 bits per heavy atom. The van der Waals surface area contributed by atoms with Crippen molar-refractivity contribution >= 4 is 5.91 Å². The Morgan fingerprint density at radius 3 is 2.52 bits per heavy atom. The molecule has 2 aromatic heterocycles. The molecule has 5 nitrogen and oxygen atoms in total. The summed E-state index contributed by atoms with van der Waals surface area (Å²) in [5.41, 5.74) is 3.07. The number of carbonyl (C=O) groups is 1. The molecule has 1 unspecified atom stereocenters. The molecule has 128 valence electrons. The largest absolute Gasteiger partial charge is 0.341 e. The molecule has 3 rings (SSSR count). The average molecular weight is 334 g/mol. The van der Waals surface area contributed by atoms with Crippen LogP contribution in [0.5, 0.6) is 0 Å². The maximum atomic E-state index is 13.0. The molecular weight excluding hydrogens is 312 g/mol. The Balaban J connectivity index is 1.89. The number of pyridine rings is 1. The fourth-order valence-corrected chi connectivity index (χ4v) is 2.96. The molecule has 2 heterocycles. The highest BCUT2D eigenvalue weighted by molar-refractivity contribution is 5.94. The van der Waals surface area contributed by atoms with Gasteiger partial charge in [-0.15, -0.1) is 0 Å². The first-order valence-electron chi connectivity index (χ1n) is 8.42. The molecule has 0 aliphatic rings. The van der Waals surface area contributed by atoms with Gasteiger partial charge in [0.25, 0.3) is 5.91 Å². The zero-order valence-corrected chi connectivity index (χ0v) is 14.7. The van der Waals surface area contributed by atoms with Crippen LogP contribution in [0.2, 0.25) is 0 Å². The maximum absolute atomic E-state index is 13.0. The van der Waals surface area contributed by atoms with Gasteiger partial charge in [0.2, 0.25) is 0 Å². The third-order valence-corrected chi connectivity index (χ3v) is 4.34. The van der Waals surface area contributed by atoms with Crippen molar-refractivity contribution in [3.63, 3.8) is 0 Å². The number of aryl methyl sites for hydroxylation is 1. The van der Waals surface area contributed by atoms with Gasteiger partial charge in [-0.1, -0.05) is 43.3 Å². The van der Waals surface area contributed by atoms with Gasteiger partial charge in [-0.2, -0.15) is 0 Å². The van der Waals surface area contributed by atoms with Crippen LogP contribution in [0, 0.1) is 6.92 Å². The molecule has 0 spiro atoms. The van der Waals surface area contributed by atoms with Gasteiger partial charge in [-0.3, -0.25) is 9.78 Å². The van der Waals surface area contributed by atoms with Crippen molar-refractivity contribution in [2.75, 3.05) is 7.05 Å². The summed E-state index contributed by atoms with van der Waals surface area (Å²) >= 11 is 0. The summed E-state index contributed by atoms with van der Waals surface area (Å²) in [6.45, 7) is 3.93. The van der Waals surface area contributed by atoms with Crippen molar-refractivity contribution in [2.45, 2.75) is 26.3 Å². The Morgan fingerprint density at radius 1 is 1.16 bits per heavy atom. The van der Waals surface area contributed by atoms with E-state index >= 15 is 0 Å². The van der Waals surface area contributed by atoms with E-state index in [1.54, 1.807) is 11.1 Å². The fourth-order valence-electron chi connectivity index (χ4n) is 2.96. The second-order valence-corrected chi connectivity index (χ2v) is 6.02. The number of imidazole rings is 1. The zero-order valence-electron chi connectivity index (χ0n) is 14.7. The summed E-state index contributed by atoms with van der Waals surface area (Å²) in [5.74, 6) is 0.606. The number of aromatic nitrogens is 3. The Bertz CT molecular complexity index is 843. The lowest BCUT2D eigenvalue weighted by Gasteiger charge is -2.26. The molecule has 0 aliphatic carbocycles. The number of amides is 1. The molecule has 0 fully saturated rings. The van der Waals surface area contributed by atoms with E-state index in [0.717, 1.165) is 23.4 Å². The van der Waals surface area contributed by atoms with Gasteiger partial charge < -0.3 is 9.88 Å². The van der Waals surface area contributed by atoms with Crippen molar-refractivity contribution in [1.29, 1.82) is 0 Å². The number of benzene rings is 1. The standard InChI is InChI=1S/C20H22N4O/c1-4-17(16-12-8-9-13-21-16)24(3)20(25)18-14(2)22-19(23-18)15-10-6-5-7-11-15/h5-13,17H,4H2,1-3H3,(H,22,23). The number of nitrogens with zero attached hydrogens (tertiary/aromatic N) is 3. The van der Waals surface area contributed by atoms with Crippen LogP contribution >= 0.6 is 0 Å². The normalized spacial score (nSPS) is 12.0. The maximum Gasteiger partial charge on any atom is 0.274 e. The van der Waals surface area contributed by atoms with E-state index in [4.69, 9.17) is 0 Å². The SMILES string of the molecule is CCC(c1ccccn1)N(C)C(=O)c1nc(-c2ccccc2)[nH]c1C. The Hall–Kier alpha value is -2.95. The summed E-state index contributed by atoms with van der Waals surface area (Å²) < 4.78 is 0. The van der Waals surface area contributed by atoms with Crippen molar-refractivity contribution < 1.29 is 4.79 Å². The quantitative estimate of drug-likeness (QED) is 0.767. The predicted molar refractivity (Wildman–Crippen MR) is 98.1 cm³/mol. The molecule has 1 N–H and O–H groups in total. The highest BCUT2D eigenvalue weighted by Crippen LogP contribution is 2.24. The molecule has 5 heteroatoms. The minimum atomic E-state index is -0.103. The minimum Gasteiger partial charge on any atom is -0.341 e. The van der Waals surface area contributed by atoms with Crippen LogP contribution in [-0.2, 0) is 0 Å². The highest BCUT2D eigenvalue weighted by atomic mass is 16.2. The third kappa shape index (κ3) is 3.45. The van der Waals surface area contributed by atoms with Gasteiger partial charge in [0.05, 0.1) is 11.7 Å². The molecule has 0 bridgehead atoms. The molecule has 0 aliphatic heterocycles. The van der Waals surface area contributed by atoms with Crippen molar-refractivity contribution in [3.05, 3.63) is 71.8 Å². The summed E-state index contributed by atoms with van der Waals surface area (Å²) in [4.78, 5) is 26.9. The molecule has 0 saturated carbocycles. The van der Waals surface area contributed by atoms with Crippen LogP contribution in [0.4, 0.5) is 0 Å². The molecule has 1 amide bonds. The minimum absolute atomic E-state index is 0.0787. The molecular formula is C20H22N4O. The fraction of sp³-hybridized carbons (Fsp3) is 0.250. The Labute approximate surface area is 147 Å². The summed E-state index contributed by atoms with van der Waals surface area (Å²) in [6.07, 6.45) is 2.54. The number of carbonyl (C=O) groups excluding carboxylic acids is 1. The lowest BCUT2D eigenvalue weighted by Crippen LogP contribution is -2.32. The summed E-state index contributed by atoms with van der Waals surface area (Å²) in [6, 6.07) is 15.5. The van der Waals surface area contributed by atoms with E-state index in [1.165, 1.54) is 0 Å². The third-order valence-electron chi connectivity index (χ3n) is 4.34. The van der Waals surface area contributed by atoms with Crippen LogP contribution in [0.25, 0.3) is 11.4 Å². The number of H-pyrrole nitrogens is 1. The van der Waals surface area contributed by atoms with Gasteiger partial charge in [0.15, 0.2) is 0 Å². The summed E-state index contributed by atoms with van der Waals surface area (Å²) in [5, 5.41) is 0. The number of hydrogen-bond donors (Lipinski definition) is 1. The van der Waals surface area contributed by atoms with E-state index in [0.29, 0.717) is 11.5 Å². The van der Waals surface area contributed by atoms with E-state index in [9.17, 15) is 4.79 Å². The van der Waals surface area contributed by atoms with Crippen molar-refractivity contribution in [1.82, 2.24) is 19.9 Å². The van der Waals surface area contributed by atoms with Crippen molar-refractivity contribution in [3.8, 4) is 11.4 Å². The van der Waals surface area contributed by atoms with Crippen LogP contribution in [0.15, 0.2) is 54.7 Å². The molecule has 1 atom stereocenters. The smallest absolute Gasteiger partial charge is 0.274 e. The lowest BCUT2D eigenvalue weighted by molar-refractivity contribution is 0.0716. The Kier molecular flexibility index (Phi) is 4.93. The highest BCUT2D eigenvalue weighted by Gasteiger charge is 2.25. The molecule has 3 aromatic rings. The number of aromatic amines is 1.